The zero-order valence-electron chi connectivity index (χ0n) is 21.5. The average Bonchev–Trinajstić information content (AvgIpc) is 3.31. The minimum atomic E-state index is -1.62. The number of nitriles is 1. The predicted molar refractivity (Wildman–Crippen MR) is 143 cm³/mol. The van der Waals surface area contributed by atoms with Crippen molar-refractivity contribution in [1.82, 2.24) is 24.8 Å². The molecule has 3 aromatic heterocycles. The Morgan fingerprint density at radius 2 is 1.84 bits per heavy atom. The molecule has 0 spiro atoms. The second-order valence-corrected chi connectivity index (χ2v) is 10.3. The van der Waals surface area contributed by atoms with Gasteiger partial charge in [-0.15, -0.1) is 0 Å². The number of nitrogens with zero attached hydrogens (tertiary/aromatic N) is 6. The third kappa shape index (κ3) is 4.16. The van der Waals surface area contributed by atoms with Crippen molar-refractivity contribution < 1.29 is 9.18 Å². The predicted octanol–water partition coefficient (Wildman–Crippen LogP) is 4.82. The molecular weight excluding hydrogens is 481 g/mol. The zero-order valence-corrected chi connectivity index (χ0v) is 21.5. The fourth-order valence-corrected chi connectivity index (χ4v) is 5.30. The normalized spacial score (nSPS) is 16.8. The maximum absolute atomic E-state index is 15.7. The first-order chi connectivity index (χ1) is 18.3. The molecule has 1 aromatic carbocycles. The summed E-state index contributed by atoms with van der Waals surface area (Å²) in [4.78, 5) is 34.4. The number of H-pyrrole nitrogens is 1. The molecular formula is C29H28FN7O. The van der Waals surface area contributed by atoms with Gasteiger partial charge in [0.25, 0.3) is 5.91 Å². The fourth-order valence-electron chi connectivity index (χ4n) is 5.30. The Labute approximate surface area is 220 Å². The molecule has 2 aliphatic rings. The number of hydrogen-bond acceptors (Lipinski definition) is 6. The van der Waals surface area contributed by atoms with Crippen LogP contribution in [-0.4, -0.2) is 56.9 Å². The van der Waals surface area contributed by atoms with Crippen LogP contribution in [0.4, 0.5) is 10.2 Å². The Morgan fingerprint density at radius 3 is 2.50 bits per heavy atom. The van der Waals surface area contributed by atoms with Crippen LogP contribution in [0.5, 0.6) is 0 Å². The minimum Gasteiger partial charge on any atom is -0.356 e. The van der Waals surface area contributed by atoms with Gasteiger partial charge in [0.15, 0.2) is 5.67 Å². The number of carbonyl (C=O) groups excluding carboxylic acids is 1. The number of piperidine rings is 1. The Morgan fingerprint density at radius 1 is 1.05 bits per heavy atom. The molecule has 8 nitrogen and oxygen atoms in total. The third-order valence-electron chi connectivity index (χ3n) is 7.78. The van der Waals surface area contributed by atoms with Crippen molar-refractivity contribution in [2.45, 2.75) is 38.8 Å². The monoisotopic (exact) mass is 509 g/mol. The van der Waals surface area contributed by atoms with Crippen LogP contribution >= 0.6 is 0 Å². The lowest BCUT2D eigenvalue weighted by Gasteiger charge is -2.36. The number of aryl methyl sites for hydroxylation is 2. The van der Waals surface area contributed by atoms with E-state index in [1.165, 1.54) is 12.6 Å². The zero-order chi connectivity index (χ0) is 26.4. The highest BCUT2D eigenvalue weighted by molar-refractivity contribution is 5.97. The van der Waals surface area contributed by atoms with E-state index in [9.17, 15) is 4.79 Å². The van der Waals surface area contributed by atoms with Crippen molar-refractivity contribution in [2.75, 3.05) is 31.1 Å². The topological polar surface area (TPSA) is 102 Å². The Balaban J connectivity index is 1.24. The maximum atomic E-state index is 15.7. The van der Waals surface area contributed by atoms with Gasteiger partial charge < -0.3 is 14.8 Å². The van der Waals surface area contributed by atoms with E-state index in [0.29, 0.717) is 22.6 Å². The van der Waals surface area contributed by atoms with E-state index in [1.54, 1.807) is 17.0 Å². The van der Waals surface area contributed by atoms with E-state index < -0.39 is 5.67 Å². The number of pyridine rings is 2. The summed E-state index contributed by atoms with van der Waals surface area (Å²) in [5.74, 6) is 1.52. The number of imidazole rings is 1. The molecule has 1 N–H and O–H groups in total. The molecule has 1 amide bonds. The van der Waals surface area contributed by atoms with Crippen LogP contribution in [0.2, 0.25) is 0 Å². The highest BCUT2D eigenvalue weighted by atomic mass is 19.1. The molecule has 0 aliphatic carbocycles. The maximum Gasteiger partial charge on any atom is 0.254 e. The van der Waals surface area contributed by atoms with Crippen molar-refractivity contribution in [3.8, 4) is 17.5 Å². The van der Waals surface area contributed by atoms with Gasteiger partial charge in [0, 0.05) is 62.4 Å². The molecule has 2 aliphatic heterocycles. The summed E-state index contributed by atoms with van der Waals surface area (Å²) in [5, 5.41) is 8.98. The highest BCUT2D eigenvalue weighted by Crippen LogP contribution is 2.37. The van der Waals surface area contributed by atoms with E-state index in [2.05, 4.69) is 19.9 Å². The molecule has 2 fully saturated rings. The SMILES string of the molecule is Cc1cc(C)c(-c2nc3cc(N4CCC4)ncc3[nH]2)cc1C(=O)N1CCC(F)(c2ccc(C#N)cn2)CC1. The average molecular weight is 510 g/mol. The van der Waals surface area contributed by atoms with Crippen LogP contribution in [0, 0.1) is 25.2 Å². The summed E-state index contributed by atoms with van der Waals surface area (Å²) >= 11 is 0. The number of fused-ring (bicyclic) bond motifs is 1. The number of carbonyl (C=O) groups is 1. The van der Waals surface area contributed by atoms with Crippen molar-refractivity contribution in [2.24, 2.45) is 0 Å². The molecule has 0 atom stereocenters. The number of rotatable bonds is 4. The van der Waals surface area contributed by atoms with Gasteiger partial charge in [0.1, 0.15) is 17.7 Å². The molecule has 9 heteroatoms. The number of anilines is 1. The van der Waals surface area contributed by atoms with Crippen LogP contribution in [0.15, 0.2) is 42.7 Å². The number of aromatic nitrogens is 4. The van der Waals surface area contributed by atoms with Crippen molar-refractivity contribution in [1.29, 1.82) is 5.26 Å². The van der Waals surface area contributed by atoms with Gasteiger partial charge in [-0.3, -0.25) is 9.78 Å². The molecule has 0 unspecified atom stereocenters. The van der Waals surface area contributed by atoms with Gasteiger partial charge in [-0.1, -0.05) is 6.07 Å². The summed E-state index contributed by atoms with van der Waals surface area (Å²) in [6.45, 7) is 6.54. The molecule has 0 bridgehead atoms. The molecule has 2 saturated heterocycles. The summed E-state index contributed by atoms with van der Waals surface area (Å²) in [6.07, 6.45) is 4.71. The lowest BCUT2D eigenvalue weighted by molar-refractivity contribution is 0.0402. The quantitative estimate of drug-likeness (QED) is 0.423. The number of aromatic amines is 1. The van der Waals surface area contributed by atoms with Crippen LogP contribution in [0.3, 0.4) is 0 Å². The van der Waals surface area contributed by atoms with Gasteiger partial charge in [-0.05, 0) is 49.6 Å². The Bertz CT molecular complexity index is 1580. The van der Waals surface area contributed by atoms with E-state index >= 15 is 4.39 Å². The number of nitrogens with one attached hydrogen (secondary N) is 1. The molecule has 38 heavy (non-hydrogen) atoms. The smallest absolute Gasteiger partial charge is 0.254 e. The number of hydrogen-bond donors (Lipinski definition) is 1. The molecule has 0 saturated carbocycles. The highest BCUT2D eigenvalue weighted by Gasteiger charge is 2.39. The van der Waals surface area contributed by atoms with Gasteiger partial charge in [-0.2, -0.15) is 5.26 Å². The third-order valence-corrected chi connectivity index (χ3v) is 7.78. The van der Waals surface area contributed by atoms with Crippen molar-refractivity contribution in [3.63, 3.8) is 0 Å². The largest absolute Gasteiger partial charge is 0.356 e. The summed E-state index contributed by atoms with van der Waals surface area (Å²) in [6, 6.07) is 11.1. The molecule has 192 valence electrons. The van der Waals surface area contributed by atoms with Crippen LogP contribution < -0.4 is 4.90 Å². The number of halogens is 1. The Hall–Kier alpha value is -4.32. The molecule has 6 rings (SSSR count). The minimum absolute atomic E-state index is 0.114. The first-order valence-electron chi connectivity index (χ1n) is 12.9. The van der Waals surface area contributed by atoms with Gasteiger partial charge in [-0.25, -0.2) is 14.4 Å². The van der Waals surface area contributed by atoms with E-state index in [0.717, 1.165) is 46.6 Å². The molecule has 0 radical (unpaired) electrons. The van der Waals surface area contributed by atoms with E-state index in [4.69, 9.17) is 10.2 Å². The second-order valence-electron chi connectivity index (χ2n) is 10.3. The lowest BCUT2D eigenvalue weighted by Crippen LogP contribution is -2.43. The van der Waals surface area contributed by atoms with Gasteiger partial charge >= 0.3 is 0 Å². The second kappa shape index (κ2) is 9.21. The number of likely N-dealkylation sites (tertiary alicyclic amines) is 1. The van der Waals surface area contributed by atoms with Crippen molar-refractivity contribution in [3.05, 3.63) is 70.7 Å². The number of amides is 1. The standard InChI is InChI=1S/C29H28FN7O/c1-18-12-19(2)22(13-21(18)27-34-23-14-26(36-8-3-9-36)33-17-24(23)35-27)28(38)37-10-6-29(30,7-11-37)25-5-4-20(15-31)16-32-25/h4-5,12-14,16-17H,3,6-11H2,1-2H3,(H,34,35). The van der Waals surface area contributed by atoms with Crippen LogP contribution in [0.1, 0.15) is 52.0 Å². The van der Waals surface area contributed by atoms with Crippen LogP contribution in [-0.2, 0) is 5.67 Å². The molecule has 4 aromatic rings. The molecule has 5 heterocycles. The van der Waals surface area contributed by atoms with Gasteiger partial charge in [0.05, 0.1) is 28.5 Å². The number of alkyl halides is 1. The van der Waals surface area contributed by atoms with E-state index in [-0.39, 0.29) is 31.8 Å². The first kappa shape index (κ1) is 24.0. The summed E-state index contributed by atoms with van der Waals surface area (Å²) in [7, 11) is 0. The van der Waals surface area contributed by atoms with Gasteiger partial charge in [0.2, 0.25) is 0 Å². The summed E-state index contributed by atoms with van der Waals surface area (Å²) in [5.41, 5.74) is 4.13. The van der Waals surface area contributed by atoms with Crippen LogP contribution in [0.25, 0.3) is 22.4 Å². The fraction of sp³-hybridized carbons (Fsp3) is 0.345. The van der Waals surface area contributed by atoms with E-state index in [1.807, 2.05) is 44.3 Å². The number of benzene rings is 1. The Kier molecular flexibility index (Phi) is 5.83. The summed E-state index contributed by atoms with van der Waals surface area (Å²) < 4.78 is 15.7. The first-order valence-corrected chi connectivity index (χ1v) is 12.9. The van der Waals surface area contributed by atoms with Crippen molar-refractivity contribution >= 4 is 22.8 Å². The lowest BCUT2D eigenvalue weighted by atomic mass is 9.88.